The monoisotopic (exact) mass is 274 g/mol. The molecule has 0 spiro atoms. The van der Waals surface area contributed by atoms with Crippen LogP contribution in [0.25, 0.3) is 0 Å². The molecule has 2 rings (SSSR count). The maximum absolute atomic E-state index is 12.0. The molecule has 0 unspecified atom stereocenters. The van der Waals surface area contributed by atoms with Gasteiger partial charge in [0.15, 0.2) is 5.82 Å². The molecule has 0 radical (unpaired) electrons. The van der Waals surface area contributed by atoms with Crippen molar-refractivity contribution < 1.29 is 14.1 Å². The Balaban J connectivity index is 2.09. The summed E-state index contributed by atoms with van der Waals surface area (Å²) < 4.78 is 10.2. The number of ether oxygens (including phenoxy) is 1. The van der Waals surface area contributed by atoms with Gasteiger partial charge in [-0.3, -0.25) is 4.79 Å². The van der Waals surface area contributed by atoms with Gasteiger partial charge in [-0.1, -0.05) is 11.2 Å². The molecule has 106 valence electrons. The zero-order chi connectivity index (χ0) is 14.7. The third kappa shape index (κ3) is 3.17. The number of methoxy groups -OCH3 is 1. The van der Waals surface area contributed by atoms with Crippen molar-refractivity contribution in [2.75, 3.05) is 12.4 Å². The Morgan fingerprint density at radius 2 is 2.00 bits per heavy atom. The van der Waals surface area contributed by atoms with E-state index in [-0.39, 0.29) is 5.91 Å². The molecular formula is C15H18N2O3. The van der Waals surface area contributed by atoms with Crippen LogP contribution in [0.4, 0.5) is 5.82 Å². The number of anilines is 1. The number of rotatable bonds is 4. The molecule has 1 aromatic carbocycles. The first-order valence-corrected chi connectivity index (χ1v) is 6.37. The molecule has 0 aliphatic rings. The molecule has 2 aromatic rings. The fourth-order valence-electron chi connectivity index (χ4n) is 2.05. The van der Waals surface area contributed by atoms with E-state index in [4.69, 9.17) is 9.26 Å². The number of nitrogens with one attached hydrogen (secondary N) is 1. The number of carbonyl (C=O) groups excluding carboxylic acids is 1. The fourth-order valence-corrected chi connectivity index (χ4v) is 2.05. The maximum atomic E-state index is 12.0. The highest BCUT2D eigenvalue weighted by molar-refractivity contribution is 5.91. The average molecular weight is 274 g/mol. The van der Waals surface area contributed by atoms with Crippen molar-refractivity contribution in [3.8, 4) is 5.75 Å². The number of aryl methyl sites for hydroxylation is 3. The lowest BCUT2D eigenvalue weighted by molar-refractivity contribution is -0.115. The first-order chi connectivity index (χ1) is 9.49. The molecule has 1 heterocycles. The standard InChI is InChI=1S/C15H18N2O3/c1-9-6-13(19-4)10(2)5-12(9)8-15(18)16-14-7-11(3)20-17-14/h5-7H,8H2,1-4H3,(H,16,17,18). The Bertz CT molecular complexity index is 632. The minimum absolute atomic E-state index is 0.119. The quantitative estimate of drug-likeness (QED) is 0.931. The van der Waals surface area contributed by atoms with Crippen LogP contribution in [0.5, 0.6) is 5.75 Å². The number of carbonyl (C=O) groups is 1. The maximum Gasteiger partial charge on any atom is 0.230 e. The molecule has 1 amide bonds. The summed E-state index contributed by atoms with van der Waals surface area (Å²) in [6, 6.07) is 5.60. The Kier molecular flexibility index (Phi) is 4.08. The van der Waals surface area contributed by atoms with Crippen molar-refractivity contribution in [1.29, 1.82) is 0 Å². The van der Waals surface area contributed by atoms with Crippen LogP contribution >= 0.6 is 0 Å². The molecule has 5 nitrogen and oxygen atoms in total. The molecular weight excluding hydrogens is 256 g/mol. The fraction of sp³-hybridized carbons (Fsp3) is 0.333. The van der Waals surface area contributed by atoms with Gasteiger partial charge in [-0.2, -0.15) is 0 Å². The lowest BCUT2D eigenvalue weighted by Gasteiger charge is -2.11. The third-order valence-electron chi connectivity index (χ3n) is 3.10. The Labute approximate surface area is 117 Å². The van der Waals surface area contributed by atoms with Gasteiger partial charge in [0, 0.05) is 6.07 Å². The molecule has 0 saturated heterocycles. The summed E-state index contributed by atoms with van der Waals surface area (Å²) >= 11 is 0. The van der Waals surface area contributed by atoms with E-state index in [2.05, 4.69) is 10.5 Å². The van der Waals surface area contributed by atoms with E-state index in [0.717, 1.165) is 22.4 Å². The Hall–Kier alpha value is -2.30. The lowest BCUT2D eigenvalue weighted by atomic mass is 10.0. The van der Waals surface area contributed by atoms with E-state index in [0.29, 0.717) is 18.0 Å². The van der Waals surface area contributed by atoms with E-state index in [1.807, 2.05) is 26.0 Å². The highest BCUT2D eigenvalue weighted by Gasteiger charge is 2.11. The van der Waals surface area contributed by atoms with E-state index in [9.17, 15) is 4.79 Å². The van der Waals surface area contributed by atoms with Crippen LogP contribution < -0.4 is 10.1 Å². The minimum Gasteiger partial charge on any atom is -0.496 e. The number of amides is 1. The van der Waals surface area contributed by atoms with Crippen molar-refractivity contribution in [1.82, 2.24) is 5.16 Å². The van der Waals surface area contributed by atoms with Gasteiger partial charge >= 0.3 is 0 Å². The second-order valence-corrected chi connectivity index (χ2v) is 4.80. The topological polar surface area (TPSA) is 64.4 Å². The van der Waals surface area contributed by atoms with Crippen LogP contribution in [0.15, 0.2) is 22.7 Å². The third-order valence-corrected chi connectivity index (χ3v) is 3.10. The largest absolute Gasteiger partial charge is 0.496 e. The van der Waals surface area contributed by atoms with Crippen molar-refractivity contribution in [2.24, 2.45) is 0 Å². The first kappa shape index (κ1) is 14.1. The van der Waals surface area contributed by atoms with Gasteiger partial charge in [-0.25, -0.2) is 0 Å². The highest BCUT2D eigenvalue weighted by atomic mass is 16.5. The summed E-state index contributed by atoms with van der Waals surface area (Å²) in [5.41, 5.74) is 3.01. The summed E-state index contributed by atoms with van der Waals surface area (Å²) in [4.78, 5) is 12.0. The first-order valence-electron chi connectivity index (χ1n) is 6.37. The van der Waals surface area contributed by atoms with Crippen LogP contribution in [0.2, 0.25) is 0 Å². The summed E-state index contributed by atoms with van der Waals surface area (Å²) in [6.07, 6.45) is 0.294. The molecule has 5 heteroatoms. The van der Waals surface area contributed by atoms with E-state index in [1.54, 1.807) is 20.1 Å². The second-order valence-electron chi connectivity index (χ2n) is 4.80. The molecule has 1 aromatic heterocycles. The van der Waals surface area contributed by atoms with Gasteiger partial charge < -0.3 is 14.6 Å². The lowest BCUT2D eigenvalue weighted by Crippen LogP contribution is -2.15. The molecule has 0 atom stereocenters. The van der Waals surface area contributed by atoms with Crippen LogP contribution in [0, 0.1) is 20.8 Å². The van der Waals surface area contributed by atoms with Gasteiger partial charge in [0.25, 0.3) is 0 Å². The van der Waals surface area contributed by atoms with Crippen molar-refractivity contribution in [3.63, 3.8) is 0 Å². The van der Waals surface area contributed by atoms with Crippen LogP contribution in [0.3, 0.4) is 0 Å². The van der Waals surface area contributed by atoms with E-state index >= 15 is 0 Å². The van der Waals surface area contributed by atoms with Gasteiger partial charge in [-0.15, -0.1) is 0 Å². The van der Waals surface area contributed by atoms with Crippen LogP contribution in [-0.4, -0.2) is 18.2 Å². The SMILES string of the molecule is COc1cc(C)c(CC(=O)Nc2cc(C)on2)cc1C. The minimum atomic E-state index is -0.119. The molecule has 0 fully saturated rings. The second kappa shape index (κ2) is 5.77. The number of benzene rings is 1. The highest BCUT2D eigenvalue weighted by Crippen LogP contribution is 2.23. The van der Waals surface area contributed by atoms with Gasteiger partial charge in [-0.05, 0) is 43.5 Å². The van der Waals surface area contributed by atoms with Crippen molar-refractivity contribution in [3.05, 3.63) is 40.6 Å². The summed E-state index contributed by atoms with van der Waals surface area (Å²) in [7, 11) is 1.64. The predicted octanol–water partition coefficient (Wildman–Crippen LogP) is 2.79. The van der Waals surface area contributed by atoms with Gasteiger partial charge in [0.05, 0.1) is 13.5 Å². The smallest absolute Gasteiger partial charge is 0.230 e. The normalized spacial score (nSPS) is 10.4. The molecule has 0 aliphatic heterocycles. The van der Waals surface area contributed by atoms with Crippen molar-refractivity contribution in [2.45, 2.75) is 27.2 Å². The number of nitrogens with zero attached hydrogens (tertiary/aromatic N) is 1. The average Bonchev–Trinajstić information content (AvgIpc) is 2.78. The predicted molar refractivity (Wildman–Crippen MR) is 76.0 cm³/mol. The molecule has 1 N–H and O–H groups in total. The molecule has 20 heavy (non-hydrogen) atoms. The van der Waals surface area contributed by atoms with Gasteiger partial charge in [0.1, 0.15) is 11.5 Å². The van der Waals surface area contributed by atoms with Crippen LogP contribution in [0.1, 0.15) is 22.5 Å². The van der Waals surface area contributed by atoms with E-state index < -0.39 is 0 Å². The van der Waals surface area contributed by atoms with E-state index in [1.165, 1.54) is 0 Å². The summed E-state index contributed by atoms with van der Waals surface area (Å²) in [6.45, 7) is 5.70. The zero-order valence-electron chi connectivity index (χ0n) is 12.1. The van der Waals surface area contributed by atoms with Crippen molar-refractivity contribution >= 4 is 11.7 Å². The Morgan fingerprint density at radius 3 is 2.60 bits per heavy atom. The van der Waals surface area contributed by atoms with Crippen LogP contribution in [-0.2, 0) is 11.2 Å². The number of aromatic nitrogens is 1. The molecule has 0 saturated carbocycles. The summed E-state index contributed by atoms with van der Waals surface area (Å²) in [5.74, 6) is 1.82. The molecule has 0 aliphatic carbocycles. The summed E-state index contributed by atoms with van der Waals surface area (Å²) in [5, 5.41) is 6.45. The zero-order valence-corrected chi connectivity index (χ0v) is 12.1. The van der Waals surface area contributed by atoms with Gasteiger partial charge in [0.2, 0.25) is 5.91 Å². The number of hydrogen-bond acceptors (Lipinski definition) is 4. The molecule has 0 bridgehead atoms. The number of hydrogen-bond donors (Lipinski definition) is 1. The Morgan fingerprint density at radius 1 is 1.25 bits per heavy atom.